The van der Waals surface area contributed by atoms with Crippen molar-refractivity contribution in [2.45, 2.75) is 38.3 Å². The lowest BCUT2D eigenvalue weighted by atomic mass is 9.88. The molecule has 1 aromatic carbocycles. The molecule has 1 N–H and O–H groups in total. The largest absolute Gasteiger partial charge is 0.375 e. The van der Waals surface area contributed by atoms with Gasteiger partial charge in [-0.3, -0.25) is 4.79 Å². The summed E-state index contributed by atoms with van der Waals surface area (Å²) in [6.45, 7) is 5.64. The highest BCUT2D eigenvalue weighted by atomic mass is 16.5. The number of benzene rings is 1. The zero-order valence-corrected chi connectivity index (χ0v) is 12.6. The number of nitrogens with zero attached hydrogens (tertiary/aromatic N) is 1. The van der Waals surface area contributed by atoms with Gasteiger partial charge < -0.3 is 15.0 Å². The van der Waals surface area contributed by atoms with Crippen LogP contribution in [0.3, 0.4) is 0 Å². The second kappa shape index (κ2) is 6.37. The van der Waals surface area contributed by atoms with E-state index in [9.17, 15) is 4.79 Å². The third kappa shape index (κ3) is 2.86. The average molecular weight is 276 g/mol. The molecule has 4 nitrogen and oxygen atoms in total. The molecule has 1 amide bonds. The number of amides is 1. The van der Waals surface area contributed by atoms with Gasteiger partial charge in [0, 0.05) is 25.8 Å². The van der Waals surface area contributed by atoms with E-state index in [1.165, 1.54) is 0 Å². The van der Waals surface area contributed by atoms with Crippen molar-refractivity contribution in [3.63, 3.8) is 0 Å². The predicted molar refractivity (Wildman–Crippen MR) is 80.9 cm³/mol. The standard InChI is InChI=1S/C16H24N2O2/c1-4-15(19)18(13-8-6-5-7-9-13)14-10-11-17-12-16(14,2)20-3/h5-9,14,17H,4,10-12H2,1-3H3. The minimum absolute atomic E-state index is 0.0589. The molecule has 1 aliphatic rings. The maximum Gasteiger partial charge on any atom is 0.227 e. The molecule has 0 radical (unpaired) electrons. The molecule has 0 aromatic heterocycles. The average Bonchev–Trinajstić information content (AvgIpc) is 2.50. The third-order valence-corrected chi connectivity index (χ3v) is 4.16. The lowest BCUT2D eigenvalue weighted by Crippen LogP contribution is -2.62. The summed E-state index contributed by atoms with van der Waals surface area (Å²) in [5.41, 5.74) is 0.591. The number of ether oxygens (including phenoxy) is 1. The highest BCUT2D eigenvalue weighted by Gasteiger charge is 2.42. The number of anilines is 1. The SMILES string of the molecule is CCC(=O)N(c1ccccc1)C1CCNCC1(C)OC. The van der Waals surface area contributed by atoms with E-state index < -0.39 is 0 Å². The van der Waals surface area contributed by atoms with Gasteiger partial charge in [-0.25, -0.2) is 0 Å². The first-order valence-electron chi connectivity index (χ1n) is 7.25. The topological polar surface area (TPSA) is 41.6 Å². The first-order chi connectivity index (χ1) is 9.62. The van der Waals surface area contributed by atoms with Crippen molar-refractivity contribution in [1.82, 2.24) is 5.32 Å². The van der Waals surface area contributed by atoms with E-state index in [-0.39, 0.29) is 17.6 Å². The molecule has 0 aliphatic carbocycles. The fourth-order valence-electron chi connectivity index (χ4n) is 2.87. The zero-order chi connectivity index (χ0) is 14.6. The van der Waals surface area contributed by atoms with Gasteiger partial charge >= 0.3 is 0 Å². The molecule has 1 heterocycles. The molecular formula is C16H24N2O2. The first kappa shape index (κ1) is 15.0. The van der Waals surface area contributed by atoms with E-state index in [0.29, 0.717) is 6.42 Å². The molecule has 110 valence electrons. The minimum atomic E-state index is -0.362. The molecule has 1 fully saturated rings. The maximum absolute atomic E-state index is 12.5. The predicted octanol–water partition coefficient (Wildman–Crippen LogP) is 2.20. The van der Waals surface area contributed by atoms with E-state index in [2.05, 4.69) is 12.2 Å². The van der Waals surface area contributed by atoms with Gasteiger partial charge in [0.05, 0.1) is 11.6 Å². The maximum atomic E-state index is 12.5. The van der Waals surface area contributed by atoms with E-state index >= 15 is 0 Å². The summed E-state index contributed by atoms with van der Waals surface area (Å²) in [5, 5.41) is 3.36. The lowest BCUT2D eigenvalue weighted by Gasteiger charge is -2.46. The minimum Gasteiger partial charge on any atom is -0.375 e. The Hall–Kier alpha value is -1.39. The summed E-state index contributed by atoms with van der Waals surface area (Å²) in [7, 11) is 1.72. The number of hydrogen-bond acceptors (Lipinski definition) is 3. The summed E-state index contributed by atoms with van der Waals surface area (Å²) < 4.78 is 5.73. The van der Waals surface area contributed by atoms with Gasteiger partial charge in [-0.2, -0.15) is 0 Å². The Bertz CT molecular complexity index is 449. The molecule has 1 aliphatic heterocycles. The van der Waals surface area contributed by atoms with Crippen LogP contribution < -0.4 is 10.2 Å². The second-order valence-electron chi connectivity index (χ2n) is 5.45. The van der Waals surface area contributed by atoms with Crippen LogP contribution in [-0.4, -0.2) is 37.7 Å². The lowest BCUT2D eigenvalue weighted by molar-refractivity contribution is -0.121. The number of nitrogens with one attached hydrogen (secondary N) is 1. The highest BCUT2D eigenvalue weighted by molar-refractivity contribution is 5.94. The quantitative estimate of drug-likeness (QED) is 0.916. The van der Waals surface area contributed by atoms with Crippen LogP contribution >= 0.6 is 0 Å². The smallest absolute Gasteiger partial charge is 0.227 e. The van der Waals surface area contributed by atoms with Gasteiger partial charge in [-0.1, -0.05) is 25.1 Å². The highest BCUT2D eigenvalue weighted by Crippen LogP contribution is 2.30. The molecule has 0 spiro atoms. The number of methoxy groups -OCH3 is 1. The molecule has 1 saturated heterocycles. The fourth-order valence-corrected chi connectivity index (χ4v) is 2.87. The van der Waals surface area contributed by atoms with E-state index in [4.69, 9.17) is 4.74 Å². The fraction of sp³-hybridized carbons (Fsp3) is 0.562. The van der Waals surface area contributed by atoms with Crippen LogP contribution in [0.2, 0.25) is 0 Å². The molecule has 0 saturated carbocycles. The Balaban J connectivity index is 2.38. The molecule has 2 atom stereocenters. The Morgan fingerprint density at radius 3 is 2.75 bits per heavy atom. The summed E-state index contributed by atoms with van der Waals surface area (Å²) >= 11 is 0. The Kier molecular flexibility index (Phi) is 4.78. The second-order valence-corrected chi connectivity index (χ2v) is 5.45. The Morgan fingerprint density at radius 1 is 1.45 bits per heavy atom. The third-order valence-electron chi connectivity index (χ3n) is 4.16. The summed E-state index contributed by atoms with van der Waals surface area (Å²) in [5.74, 6) is 0.145. The van der Waals surface area contributed by atoms with Crippen molar-refractivity contribution in [2.24, 2.45) is 0 Å². The van der Waals surface area contributed by atoms with Gasteiger partial charge in [-0.05, 0) is 32.0 Å². The number of rotatable bonds is 4. The monoisotopic (exact) mass is 276 g/mol. The van der Waals surface area contributed by atoms with Crippen LogP contribution in [0.1, 0.15) is 26.7 Å². The van der Waals surface area contributed by atoms with Crippen LogP contribution in [0.25, 0.3) is 0 Å². The van der Waals surface area contributed by atoms with Gasteiger partial charge in [0.15, 0.2) is 0 Å². The van der Waals surface area contributed by atoms with Crippen molar-refractivity contribution in [3.05, 3.63) is 30.3 Å². The summed E-state index contributed by atoms with van der Waals surface area (Å²) in [4.78, 5) is 14.4. The molecular weight excluding hydrogens is 252 g/mol. The van der Waals surface area contributed by atoms with Gasteiger partial charge in [0.2, 0.25) is 5.91 Å². The van der Waals surface area contributed by atoms with Gasteiger partial charge in [0.25, 0.3) is 0 Å². The van der Waals surface area contributed by atoms with Crippen LogP contribution in [0.4, 0.5) is 5.69 Å². The first-order valence-corrected chi connectivity index (χ1v) is 7.25. The molecule has 2 unspecified atom stereocenters. The normalized spacial score (nSPS) is 26.2. The van der Waals surface area contributed by atoms with Crippen molar-refractivity contribution in [1.29, 1.82) is 0 Å². The van der Waals surface area contributed by atoms with E-state index in [1.54, 1.807) is 7.11 Å². The summed E-state index contributed by atoms with van der Waals surface area (Å²) in [6, 6.07) is 9.95. The van der Waals surface area contributed by atoms with Crippen molar-refractivity contribution in [3.8, 4) is 0 Å². The Labute approximate surface area is 121 Å². The Morgan fingerprint density at radius 2 is 2.15 bits per heavy atom. The molecule has 1 aromatic rings. The van der Waals surface area contributed by atoms with Crippen LogP contribution in [0.15, 0.2) is 30.3 Å². The molecule has 0 bridgehead atoms. The molecule has 20 heavy (non-hydrogen) atoms. The van der Waals surface area contributed by atoms with Crippen LogP contribution in [0, 0.1) is 0 Å². The number of hydrogen-bond donors (Lipinski definition) is 1. The van der Waals surface area contributed by atoms with Gasteiger partial charge in [0.1, 0.15) is 0 Å². The van der Waals surface area contributed by atoms with Crippen molar-refractivity contribution in [2.75, 3.05) is 25.1 Å². The van der Waals surface area contributed by atoms with E-state index in [0.717, 1.165) is 25.2 Å². The van der Waals surface area contributed by atoms with Crippen LogP contribution in [0.5, 0.6) is 0 Å². The van der Waals surface area contributed by atoms with Crippen LogP contribution in [-0.2, 0) is 9.53 Å². The summed E-state index contributed by atoms with van der Waals surface area (Å²) in [6.07, 6.45) is 1.39. The van der Waals surface area contributed by atoms with Gasteiger partial charge in [-0.15, -0.1) is 0 Å². The number of piperidine rings is 1. The molecule has 4 heteroatoms. The molecule has 2 rings (SSSR count). The zero-order valence-electron chi connectivity index (χ0n) is 12.6. The number of para-hydroxylation sites is 1. The van der Waals surface area contributed by atoms with Crippen molar-refractivity contribution < 1.29 is 9.53 Å². The number of carbonyl (C=O) groups excluding carboxylic acids is 1. The number of carbonyl (C=O) groups is 1. The van der Waals surface area contributed by atoms with Crippen molar-refractivity contribution >= 4 is 11.6 Å². The van der Waals surface area contributed by atoms with E-state index in [1.807, 2.05) is 42.2 Å².